The molecule has 1 saturated heterocycles. The Morgan fingerprint density at radius 3 is 2.83 bits per heavy atom. The maximum Gasteiger partial charge on any atom is 0.254 e. The van der Waals surface area contributed by atoms with Crippen LogP contribution in [-0.4, -0.2) is 49.0 Å². The number of ether oxygens (including phenoxy) is 2. The van der Waals surface area contributed by atoms with E-state index in [4.69, 9.17) is 9.47 Å². The number of amides is 1. The molecule has 1 fully saturated rings. The number of hydrogen-bond donors (Lipinski definition) is 0. The summed E-state index contributed by atoms with van der Waals surface area (Å²) in [5.74, 6) is 0.917. The van der Waals surface area contributed by atoms with E-state index in [0.717, 1.165) is 68.4 Å². The molecular weight excluding hydrogens is 366 g/mol. The van der Waals surface area contributed by atoms with E-state index in [0.29, 0.717) is 12.2 Å². The number of carbonyl (C=O) groups is 2. The van der Waals surface area contributed by atoms with Crippen LogP contribution in [0.2, 0.25) is 0 Å². The van der Waals surface area contributed by atoms with Crippen LogP contribution in [0.25, 0.3) is 0 Å². The summed E-state index contributed by atoms with van der Waals surface area (Å²) in [6.07, 6.45) is 5.74. The number of rotatable bonds is 5. The standard InChI is InChI=1S/C24H25NO4/c26-14-16-3-4-17-11-20(12-19(17)10-16)25-8-7-18-13-21(5-6-23(18)24(25)27)29-15-22-2-1-9-28-22/h3-6,10,13-14,20,22H,1-2,7-9,11-12,15H2/t20-,22+/m1/s1. The van der Waals surface area contributed by atoms with Gasteiger partial charge < -0.3 is 14.4 Å². The lowest BCUT2D eigenvalue weighted by atomic mass is 9.96. The van der Waals surface area contributed by atoms with Gasteiger partial charge in [-0.3, -0.25) is 9.59 Å². The Balaban J connectivity index is 1.28. The van der Waals surface area contributed by atoms with Crippen LogP contribution in [0.3, 0.4) is 0 Å². The van der Waals surface area contributed by atoms with Crippen molar-refractivity contribution in [3.05, 3.63) is 64.2 Å². The molecule has 0 radical (unpaired) electrons. The highest BCUT2D eigenvalue weighted by Gasteiger charge is 2.34. The molecule has 0 aromatic heterocycles. The molecule has 0 bridgehead atoms. The summed E-state index contributed by atoms with van der Waals surface area (Å²) in [5.41, 5.74) is 4.99. The second-order valence-electron chi connectivity index (χ2n) is 8.22. The Kier molecular flexibility index (Phi) is 4.84. The highest BCUT2D eigenvalue weighted by molar-refractivity contribution is 5.97. The summed E-state index contributed by atoms with van der Waals surface area (Å²) in [6, 6.07) is 11.8. The quantitative estimate of drug-likeness (QED) is 0.735. The third kappa shape index (κ3) is 3.55. The van der Waals surface area contributed by atoms with E-state index in [2.05, 4.69) is 0 Å². The summed E-state index contributed by atoms with van der Waals surface area (Å²) in [7, 11) is 0. The average molecular weight is 391 g/mol. The van der Waals surface area contributed by atoms with Crippen molar-refractivity contribution in [3.8, 4) is 5.75 Å². The minimum absolute atomic E-state index is 0.102. The minimum Gasteiger partial charge on any atom is -0.491 e. The molecule has 5 nitrogen and oxygen atoms in total. The molecule has 0 saturated carbocycles. The third-order valence-corrected chi connectivity index (χ3v) is 6.37. The summed E-state index contributed by atoms with van der Waals surface area (Å²) in [6.45, 7) is 2.12. The predicted molar refractivity (Wildman–Crippen MR) is 109 cm³/mol. The number of hydrogen-bond acceptors (Lipinski definition) is 4. The second kappa shape index (κ2) is 7.64. The van der Waals surface area contributed by atoms with Gasteiger partial charge in [0, 0.05) is 30.3 Å². The molecule has 0 unspecified atom stereocenters. The zero-order valence-electron chi connectivity index (χ0n) is 16.4. The van der Waals surface area contributed by atoms with Crippen molar-refractivity contribution in [2.45, 2.75) is 44.2 Å². The Bertz CT molecular complexity index is 948. The number of benzene rings is 2. The fraction of sp³-hybridized carbons (Fsp3) is 0.417. The maximum absolute atomic E-state index is 13.2. The van der Waals surface area contributed by atoms with Crippen LogP contribution in [0.15, 0.2) is 36.4 Å². The van der Waals surface area contributed by atoms with Crippen molar-refractivity contribution < 1.29 is 19.1 Å². The van der Waals surface area contributed by atoms with Crippen LogP contribution in [0, 0.1) is 0 Å². The normalized spacial score (nSPS) is 23.0. The zero-order valence-corrected chi connectivity index (χ0v) is 16.4. The molecule has 2 aromatic rings. The molecule has 5 heteroatoms. The van der Waals surface area contributed by atoms with E-state index in [1.54, 1.807) is 0 Å². The van der Waals surface area contributed by atoms with E-state index < -0.39 is 0 Å². The van der Waals surface area contributed by atoms with Gasteiger partial charge in [0.05, 0.1) is 6.10 Å². The zero-order chi connectivity index (χ0) is 19.8. The smallest absolute Gasteiger partial charge is 0.254 e. The first-order chi connectivity index (χ1) is 14.2. The molecule has 1 amide bonds. The molecule has 5 rings (SSSR count). The highest BCUT2D eigenvalue weighted by atomic mass is 16.5. The van der Waals surface area contributed by atoms with Crippen LogP contribution >= 0.6 is 0 Å². The Morgan fingerprint density at radius 1 is 1.10 bits per heavy atom. The molecule has 2 atom stereocenters. The van der Waals surface area contributed by atoms with E-state index in [1.807, 2.05) is 41.3 Å². The number of fused-ring (bicyclic) bond motifs is 2. The summed E-state index contributed by atoms with van der Waals surface area (Å²) in [4.78, 5) is 26.2. The fourth-order valence-corrected chi connectivity index (χ4v) is 4.79. The first-order valence-electron chi connectivity index (χ1n) is 10.5. The van der Waals surface area contributed by atoms with Gasteiger partial charge in [-0.2, -0.15) is 0 Å². The fourth-order valence-electron chi connectivity index (χ4n) is 4.79. The molecule has 2 aliphatic heterocycles. The number of aldehydes is 1. The van der Waals surface area contributed by atoms with Crippen LogP contribution in [0.1, 0.15) is 50.2 Å². The first-order valence-corrected chi connectivity index (χ1v) is 10.5. The lowest BCUT2D eigenvalue weighted by Gasteiger charge is -2.33. The van der Waals surface area contributed by atoms with Crippen molar-refractivity contribution in [1.82, 2.24) is 4.90 Å². The van der Waals surface area contributed by atoms with Crippen molar-refractivity contribution in [1.29, 1.82) is 0 Å². The molecule has 2 aromatic carbocycles. The lowest BCUT2D eigenvalue weighted by molar-refractivity contribution is 0.0657. The minimum atomic E-state index is 0.102. The van der Waals surface area contributed by atoms with Gasteiger partial charge in [0.25, 0.3) is 5.91 Å². The molecule has 0 spiro atoms. The van der Waals surface area contributed by atoms with Crippen LogP contribution in [-0.2, 0) is 24.0 Å². The van der Waals surface area contributed by atoms with Gasteiger partial charge in [-0.1, -0.05) is 12.1 Å². The Hall–Kier alpha value is -2.66. The molecule has 3 aliphatic rings. The van der Waals surface area contributed by atoms with Gasteiger partial charge in [-0.15, -0.1) is 0 Å². The summed E-state index contributed by atoms with van der Waals surface area (Å²) < 4.78 is 11.5. The van der Waals surface area contributed by atoms with Crippen molar-refractivity contribution >= 4 is 12.2 Å². The van der Waals surface area contributed by atoms with E-state index in [9.17, 15) is 9.59 Å². The van der Waals surface area contributed by atoms with Gasteiger partial charge in [0.15, 0.2) is 0 Å². The van der Waals surface area contributed by atoms with Crippen molar-refractivity contribution in [2.75, 3.05) is 19.8 Å². The molecule has 150 valence electrons. The number of nitrogens with zero attached hydrogens (tertiary/aromatic N) is 1. The van der Waals surface area contributed by atoms with Gasteiger partial charge in [-0.25, -0.2) is 0 Å². The van der Waals surface area contributed by atoms with Gasteiger partial charge >= 0.3 is 0 Å². The maximum atomic E-state index is 13.2. The lowest BCUT2D eigenvalue weighted by Crippen LogP contribution is -2.45. The topological polar surface area (TPSA) is 55.8 Å². The largest absolute Gasteiger partial charge is 0.491 e. The monoisotopic (exact) mass is 391 g/mol. The van der Waals surface area contributed by atoms with Crippen molar-refractivity contribution in [2.24, 2.45) is 0 Å². The Morgan fingerprint density at radius 2 is 2.00 bits per heavy atom. The summed E-state index contributed by atoms with van der Waals surface area (Å²) >= 11 is 0. The van der Waals surface area contributed by atoms with E-state index >= 15 is 0 Å². The van der Waals surface area contributed by atoms with Crippen molar-refractivity contribution in [3.63, 3.8) is 0 Å². The predicted octanol–water partition coefficient (Wildman–Crippen LogP) is 3.22. The van der Waals surface area contributed by atoms with Gasteiger partial charge in [0.2, 0.25) is 0 Å². The summed E-state index contributed by atoms with van der Waals surface area (Å²) in [5, 5.41) is 0. The van der Waals surface area contributed by atoms with Crippen LogP contribution < -0.4 is 4.74 Å². The SMILES string of the molecule is O=Cc1ccc2c(c1)C[C@H](N1CCc3cc(OC[C@@H]4CCCO4)ccc3C1=O)C2. The Labute approximate surface area is 170 Å². The molecule has 1 aliphatic carbocycles. The molecule has 0 N–H and O–H groups in total. The van der Waals surface area contributed by atoms with Crippen LogP contribution in [0.4, 0.5) is 0 Å². The highest BCUT2D eigenvalue weighted by Crippen LogP contribution is 2.31. The van der Waals surface area contributed by atoms with E-state index in [-0.39, 0.29) is 18.1 Å². The number of carbonyl (C=O) groups excluding carboxylic acids is 2. The molecule has 2 heterocycles. The third-order valence-electron chi connectivity index (χ3n) is 6.37. The second-order valence-corrected chi connectivity index (χ2v) is 8.22. The van der Waals surface area contributed by atoms with Gasteiger partial charge in [0.1, 0.15) is 18.6 Å². The van der Waals surface area contributed by atoms with Gasteiger partial charge in [-0.05, 0) is 73.1 Å². The molecular formula is C24H25NO4. The van der Waals surface area contributed by atoms with E-state index in [1.165, 1.54) is 11.1 Å². The average Bonchev–Trinajstić information content (AvgIpc) is 3.41. The molecule has 29 heavy (non-hydrogen) atoms. The first kappa shape index (κ1) is 18.4. The van der Waals surface area contributed by atoms with Crippen LogP contribution in [0.5, 0.6) is 5.75 Å².